The Balaban J connectivity index is 1.68. The van der Waals surface area contributed by atoms with E-state index in [-0.39, 0.29) is 11.7 Å². The van der Waals surface area contributed by atoms with Gasteiger partial charge in [-0.05, 0) is 47.0 Å². The molecule has 3 aromatic rings. The lowest BCUT2D eigenvalue weighted by atomic mass is 10.1. The van der Waals surface area contributed by atoms with Gasteiger partial charge in [0, 0.05) is 18.1 Å². The Kier molecular flexibility index (Phi) is 6.28. The summed E-state index contributed by atoms with van der Waals surface area (Å²) in [5.41, 5.74) is 4.20. The number of hydrogen-bond donors (Lipinski definition) is 0. The van der Waals surface area contributed by atoms with Crippen molar-refractivity contribution >= 4 is 33.6 Å². The molecule has 0 saturated carbocycles. The van der Waals surface area contributed by atoms with E-state index >= 15 is 0 Å². The first-order chi connectivity index (χ1) is 13.0. The number of amides is 1. The molecule has 0 N–H and O–H groups in total. The molecular weight excluding hydrogens is 426 g/mol. The second kappa shape index (κ2) is 8.67. The molecular formula is C19H20BrN5OS. The molecule has 0 radical (unpaired) electrons. The van der Waals surface area contributed by atoms with Crippen LogP contribution in [0.4, 0.5) is 0 Å². The predicted molar refractivity (Wildman–Crippen MR) is 110 cm³/mol. The molecule has 0 aliphatic carbocycles. The molecule has 0 aliphatic heterocycles. The van der Waals surface area contributed by atoms with Crippen LogP contribution in [0.15, 0.2) is 52.1 Å². The number of hydrogen-bond acceptors (Lipinski definition) is 5. The number of tetrazole rings is 1. The summed E-state index contributed by atoms with van der Waals surface area (Å²) in [5, 5.41) is 12.6. The maximum absolute atomic E-state index is 12.5. The number of carbonyl (C=O) groups is 1. The summed E-state index contributed by atoms with van der Waals surface area (Å²) in [5.74, 6) is 0.290. The van der Waals surface area contributed by atoms with E-state index < -0.39 is 0 Å². The summed E-state index contributed by atoms with van der Waals surface area (Å²) in [7, 11) is 1.80. The van der Waals surface area contributed by atoms with Crippen LogP contribution in [-0.2, 0) is 11.3 Å². The van der Waals surface area contributed by atoms with Crippen molar-refractivity contribution in [1.29, 1.82) is 0 Å². The first-order valence-electron chi connectivity index (χ1n) is 8.42. The molecule has 1 heterocycles. The molecule has 3 rings (SSSR count). The van der Waals surface area contributed by atoms with Crippen LogP contribution < -0.4 is 0 Å². The van der Waals surface area contributed by atoms with Gasteiger partial charge < -0.3 is 4.90 Å². The van der Waals surface area contributed by atoms with Gasteiger partial charge in [-0.15, -0.1) is 5.10 Å². The van der Waals surface area contributed by atoms with Crippen LogP contribution in [0.25, 0.3) is 5.69 Å². The van der Waals surface area contributed by atoms with Gasteiger partial charge in [-0.2, -0.15) is 4.68 Å². The average molecular weight is 446 g/mol. The third-order valence-electron chi connectivity index (χ3n) is 4.21. The van der Waals surface area contributed by atoms with Gasteiger partial charge in [-0.1, -0.05) is 64.1 Å². The van der Waals surface area contributed by atoms with Crippen LogP contribution in [0, 0.1) is 13.8 Å². The quantitative estimate of drug-likeness (QED) is 0.539. The Labute approximate surface area is 171 Å². The smallest absolute Gasteiger partial charge is 0.233 e. The Morgan fingerprint density at radius 1 is 1.15 bits per heavy atom. The second-order valence-corrected chi connectivity index (χ2v) is 8.04. The number of thioether (sulfide) groups is 1. The van der Waals surface area contributed by atoms with E-state index in [0.717, 1.165) is 26.9 Å². The van der Waals surface area contributed by atoms with Crippen molar-refractivity contribution in [2.75, 3.05) is 12.8 Å². The number of benzene rings is 2. The van der Waals surface area contributed by atoms with Crippen molar-refractivity contribution in [3.63, 3.8) is 0 Å². The number of halogens is 1. The summed E-state index contributed by atoms with van der Waals surface area (Å²) < 4.78 is 2.70. The van der Waals surface area contributed by atoms with Crippen molar-refractivity contribution in [2.45, 2.75) is 25.5 Å². The molecule has 27 heavy (non-hydrogen) atoms. The van der Waals surface area contributed by atoms with Gasteiger partial charge in [0.1, 0.15) is 0 Å². The summed E-state index contributed by atoms with van der Waals surface area (Å²) >= 11 is 4.86. The summed E-state index contributed by atoms with van der Waals surface area (Å²) in [6.07, 6.45) is 0. The largest absolute Gasteiger partial charge is 0.341 e. The van der Waals surface area contributed by atoms with Crippen LogP contribution in [0.1, 0.15) is 16.7 Å². The average Bonchev–Trinajstić information content (AvgIpc) is 3.09. The van der Waals surface area contributed by atoms with Gasteiger partial charge >= 0.3 is 0 Å². The SMILES string of the molecule is Cc1cccc(C)c1-n1nnnc1SCC(=O)N(C)Cc1ccccc1Br. The molecule has 8 heteroatoms. The van der Waals surface area contributed by atoms with Crippen LogP contribution in [0.2, 0.25) is 0 Å². The van der Waals surface area contributed by atoms with Crippen molar-refractivity contribution in [1.82, 2.24) is 25.1 Å². The molecule has 0 bridgehead atoms. The number of rotatable bonds is 6. The van der Waals surface area contributed by atoms with Crippen molar-refractivity contribution in [2.24, 2.45) is 0 Å². The van der Waals surface area contributed by atoms with Crippen LogP contribution in [0.3, 0.4) is 0 Å². The standard InChI is InChI=1S/C19H20BrN5OS/c1-13-7-6-8-14(2)18(13)25-19(21-22-23-25)27-12-17(26)24(3)11-15-9-4-5-10-16(15)20/h4-10H,11-12H2,1-3H3. The monoisotopic (exact) mass is 445 g/mol. The van der Waals surface area contributed by atoms with Gasteiger partial charge in [0.15, 0.2) is 0 Å². The van der Waals surface area contributed by atoms with E-state index in [2.05, 4.69) is 31.5 Å². The van der Waals surface area contributed by atoms with Crippen molar-refractivity contribution in [3.8, 4) is 5.69 Å². The maximum atomic E-state index is 12.5. The minimum atomic E-state index is 0.0202. The van der Waals surface area contributed by atoms with Gasteiger partial charge in [0.2, 0.25) is 11.1 Å². The number of nitrogens with zero attached hydrogens (tertiary/aromatic N) is 5. The predicted octanol–water partition coefficient (Wildman–Crippen LogP) is 3.79. The Morgan fingerprint density at radius 2 is 1.85 bits per heavy atom. The number of para-hydroxylation sites is 1. The zero-order valence-corrected chi connectivity index (χ0v) is 17.8. The molecule has 0 fully saturated rings. The fourth-order valence-electron chi connectivity index (χ4n) is 2.76. The third kappa shape index (κ3) is 4.56. The van der Waals surface area contributed by atoms with Crippen molar-refractivity contribution in [3.05, 3.63) is 63.6 Å². The normalized spacial score (nSPS) is 10.8. The molecule has 1 aromatic heterocycles. The minimum Gasteiger partial charge on any atom is -0.341 e. The van der Waals surface area contributed by atoms with Gasteiger partial charge in [0.05, 0.1) is 11.4 Å². The molecule has 2 aromatic carbocycles. The van der Waals surface area contributed by atoms with E-state index in [1.54, 1.807) is 16.6 Å². The van der Waals surface area contributed by atoms with E-state index in [9.17, 15) is 4.79 Å². The Bertz CT molecular complexity index is 939. The highest BCUT2D eigenvalue weighted by atomic mass is 79.9. The topological polar surface area (TPSA) is 63.9 Å². The lowest BCUT2D eigenvalue weighted by Gasteiger charge is -2.18. The van der Waals surface area contributed by atoms with E-state index in [4.69, 9.17) is 0 Å². The molecule has 0 atom stereocenters. The molecule has 1 amide bonds. The fraction of sp³-hybridized carbons (Fsp3) is 0.263. The van der Waals surface area contributed by atoms with Crippen molar-refractivity contribution < 1.29 is 4.79 Å². The zero-order chi connectivity index (χ0) is 19.4. The summed E-state index contributed by atoms with van der Waals surface area (Å²) in [6, 6.07) is 13.9. The third-order valence-corrected chi connectivity index (χ3v) is 5.89. The summed E-state index contributed by atoms with van der Waals surface area (Å²) in [4.78, 5) is 14.3. The van der Waals surface area contributed by atoms with Gasteiger partial charge in [-0.25, -0.2) is 0 Å². The fourth-order valence-corrected chi connectivity index (χ4v) is 3.98. The van der Waals surface area contributed by atoms with E-state index in [0.29, 0.717) is 11.7 Å². The first-order valence-corrected chi connectivity index (χ1v) is 10.2. The zero-order valence-electron chi connectivity index (χ0n) is 15.4. The Hall–Kier alpha value is -2.19. The van der Waals surface area contributed by atoms with E-state index in [1.807, 2.05) is 56.3 Å². The minimum absolute atomic E-state index is 0.0202. The van der Waals surface area contributed by atoms with Crippen LogP contribution in [-0.4, -0.2) is 43.8 Å². The second-order valence-electron chi connectivity index (χ2n) is 6.24. The van der Waals surface area contributed by atoms with Gasteiger partial charge in [0.25, 0.3) is 0 Å². The lowest BCUT2D eigenvalue weighted by molar-refractivity contribution is -0.127. The Morgan fingerprint density at radius 3 is 2.56 bits per heavy atom. The molecule has 0 aliphatic rings. The summed E-state index contributed by atoms with van der Waals surface area (Å²) in [6.45, 7) is 4.59. The highest BCUT2D eigenvalue weighted by Gasteiger charge is 2.17. The lowest BCUT2D eigenvalue weighted by Crippen LogP contribution is -2.28. The molecule has 140 valence electrons. The highest BCUT2D eigenvalue weighted by molar-refractivity contribution is 9.10. The number of aryl methyl sites for hydroxylation is 2. The number of carbonyl (C=O) groups excluding carboxylic acids is 1. The molecule has 6 nitrogen and oxygen atoms in total. The molecule has 0 spiro atoms. The van der Waals surface area contributed by atoms with Crippen LogP contribution >= 0.6 is 27.7 Å². The number of aromatic nitrogens is 4. The van der Waals surface area contributed by atoms with E-state index in [1.165, 1.54) is 11.8 Å². The molecule has 0 unspecified atom stereocenters. The highest BCUT2D eigenvalue weighted by Crippen LogP contribution is 2.24. The first kappa shape index (κ1) is 19.6. The molecule has 0 saturated heterocycles. The van der Waals surface area contributed by atoms with Crippen LogP contribution in [0.5, 0.6) is 0 Å². The maximum Gasteiger partial charge on any atom is 0.233 e. The van der Waals surface area contributed by atoms with Gasteiger partial charge in [-0.3, -0.25) is 4.79 Å².